The van der Waals surface area contributed by atoms with Crippen LogP contribution in [0.3, 0.4) is 0 Å². The van der Waals surface area contributed by atoms with Gasteiger partial charge in [0.15, 0.2) is 0 Å². The van der Waals surface area contributed by atoms with Crippen LogP contribution in [0.4, 0.5) is 4.39 Å². The SMILES string of the molecule is CCNC(c1ccco1)c1ncccc1F. The monoisotopic (exact) mass is 220 g/mol. The highest BCUT2D eigenvalue weighted by atomic mass is 19.1. The maximum Gasteiger partial charge on any atom is 0.146 e. The summed E-state index contributed by atoms with van der Waals surface area (Å²) in [5, 5.41) is 3.15. The van der Waals surface area contributed by atoms with Gasteiger partial charge in [0, 0.05) is 6.20 Å². The van der Waals surface area contributed by atoms with E-state index in [-0.39, 0.29) is 11.9 Å². The zero-order valence-corrected chi connectivity index (χ0v) is 8.98. The first-order valence-corrected chi connectivity index (χ1v) is 5.20. The van der Waals surface area contributed by atoms with Crippen LogP contribution in [0.1, 0.15) is 24.4 Å². The molecule has 3 nitrogen and oxygen atoms in total. The molecule has 0 saturated heterocycles. The number of halogens is 1. The lowest BCUT2D eigenvalue weighted by Gasteiger charge is -2.15. The summed E-state index contributed by atoms with van der Waals surface area (Å²) in [4.78, 5) is 4.06. The van der Waals surface area contributed by atoms with Gasteiger partial charge in [-0.15, -0.1) is 0 Å². The molecular weight excluding hydrogens is 207 g/mol. The van der Waals surface area contributed by atoms with Gasteiger partial charge in [-0.2, -0.15) is 0 Å². The molecule has 0 aromatic carbocycles. The Morgan fingerprint density at radius 3 is 2.94 bits per heavy atom. The minimum absolute atomic E-state index is 0.329. The molecule has 0 bridgehead atoms. The highest BCUT2D eigenvalue weighted by molar-refractivity contribution is 5.21. The van der Waals surface area contributed by atoms with Crippen LogP contribution in [0.5, 0.6) is 0 Å². The number of aromatic nitrogens is 1. The van der Waals surface area contributed by atoms with E-state index in [1.807, 2.05) is 6.92 Å². The Morgan fingerprint density at radius 1 is 1.44 bits per heavy atom. The Kier molecular flexibility index (Phi) is 3.31. The summed E-state index contributed by atoms with van der Waals surface area (Å²) in [7, 11) is 0. The first kappa shape index (κ1) is 10.8. The summed E-state index contributed by atoms with van der Waals surface area (Å²) < 4.78 is 18.9. The predicted octanol–water partition coefficient (Wildman–Crippen LogP) is 2.51. The van der Waals surface area contributed by atoms with Gasteiger partial charge in [-0.1, -0.05) is 6.92 Å². The average molecular weight is 220 g/mol. The van der Waals surface area contributed by atoms with Crippen molar-refractivity contribution in [2.75, 3.05) is 6.54 Å². The normalized spacial score (nSPS) is 12.6. The van der Waals surface area contributed by atoms with E-state index in [2.05, 4.69) is 10.3 Å². The minimum Gasteiger partial charge on any atom is -0.467 e. The van der Waals surface area contributed by atoms with Crippen LogP contribution >= 0.6 is 0 Å². The Balaban J connectivity index is 2.37. The molecule has 2 rings (SSSR count). The van der Waals surface area contributed by atoms with Crippen molar-refractivity contribution in [3.63, 3.8) is 0 Å². The molecule has 2 heterocycles. The van der Waals surface area contributed by atoms with Gasteiger partial charge in [0.2, 0.25) is 0 Å². The molecule has 1 N–H and O–H groups in total. The zero-order chi connectivity index (χ0) is 11.4. The van der Waals surface area contributed by atoms with Gasteiger partial charge in [0.1, 0.15) is 23.3 Å². The zero-order valence-electron chi connectivity index (χ0n) is 8.98. The molecule has 4 heteroatoms. The molecule has 0 aliphatic rings. The Labute approximate surface area is 93.3 Å². The summed E-state index contributed by atoms with van der Waals surface area (Å²) in [6, 6.07) is 6.22. The molecule has 0 aliphatic heterocycles. The topological polar surface area (TPSA) is 38.1 Å². The van der Waals surface area contributed by atoms with E-state index in [1.54, 1.807) is 30.7 Å². The Bertz CT molecular complexity index is 442. The molecule has 0 saturated carbocycles. The number of nitrogens with one attached hydrogen (secondary N) is 1. The molecule has 0 radical (unpaired) electrons. The van der Waals surface area contributed by atoms with Crippen molar-refractivity contribution in [1.29, 1.82) is 0 Å². The third kappa shape index (κ3) is 2.12. The van der Waals surface area contributed by atoms with E-state index in [0.29, 0.717) is 18.0 Å². The number of rotatable bonds is 4. The molecule has 2 aromatic heterocycles. The van der Waals surface area contributed by atoms with Gasteiger partial charge < -0.3 is 9.73 Å². The fourth-order valence-corrected chi connectivity index (χ4v) is 1.60. The number of hydrogen-bond donors (Lipinski definition) is 1. The van der Waals surface area contributed by atoms with E-state index < -0.39 is 0 Å². The van der Waals surface area contributed by atoms with E-state index in [9.17, 15) is 4.39 Å². The fraction of sp³-hybridized carbons (Fsp3) is 0.250. The van der Waals surface area contributed by atoms with Crippen LogP contribution in [-0.4, -0.2) is 11.5 Å². The van der Waals surface area contributed by atoms with Crippen molar-refractivity contribution in [3.05, 3.63) is 54.0 Å². The third-order valence-corrected chi connectivity index (χ3v) is 2.30. The maximum atomic E-state index is 13.6. The molecule has 84 valence electrons. The Hall–Kier alpha value is -1.68. The summed E-state index contributed by atoms with van der Waals surface area (Å²) in [6.45, 7) is 2.66. The van der Waals surface area contributed by atoms with Gasteiger partial charge in [0.25, 0.3) is 0 Å². The Morgan fingerprint density at radius 2 is 2.31 bits per heavy atom. The summed E-state index contributed by atoms with van der Waals surface area (Å²) in [5.41, 5.74) is 0.360. The highest BCUT2D eigenvalue weighted by Gasteiger charge is 2.20. The average Bonchev–Trinajstić information content (AvgIpc) is 2.80. The van der Waals surface area contributed by atoms with Crippen LogP contribution < -0.4 is 5.32 Å². The van der Waals surface area contributed by atoms with Crippen LogP contribution in [0.2, 0.25) is 0 Å². The molecule has 16 heavy (non-hydrogen) atoms. The van der Waals surface area contributed by atoms with E-state index in [1.165, 1.54) is 6.07 Å². The quantitative estimate of drug-likeness (QED) is 0.860. The molecule has 0 aliphatic carbocycles. The highest BCUT2D eigenvalue weighted by Crippen LogP contribution is 2.22. The molecule has 2 aromatic rings. The molecule has 1 unspecified atom stereocenters. The summed E-state index contributed by atoms with van der Waals surface area (Å²) in [6.07, 6.45) is 3.15. The van der Waals surface area contributed by atoms with Crippen molar-refractivity contribution in [3.8, 4) is 0 Å². The number of nitrogens with zero attached hydrogens (tertiary/aromatic N) is 1. The van der Waals surface area contributed by atoms with Crippen molar-refractivity contribution >= 4 is 0 Å². The molecule has 0 amide bonds. The standard InChI is InChI=1S/C12H13FN2O/c1-2-14-12(10-6-4-8-16-10)11-9(13)5-3-7-15-11/h3-8,12,14H,2H2,1H3. The van der Waals surface area contributed by atoms with Gasteiger partial charge in [-0.05, 0) is 30.8 Å². The lowest BCUT2D eigenvalue weighted by Crippen LogP contribution is -2.23. The molecule has 0 fully saturated rings. The smallest absolute Gasteiger partial charge is 0.146 e. The summed E-state index contributed by atoms with van der Waals surface area (Å²) >= 11 is 0. The second kappa shape index (κ2) is 4.90. The molecular formula is C12H13FN2O. The minimum atomic E-state index is -0.332. The van der Waals surface area contributed by atoms with E-state index in [0.717, 1.165) is 0 Å². The van der Waals surface area contributed by atoms with Gasteiger partial charge in [0.05, 0.1) is 6.26 Å². The largest absolute Gasteiger partial charge is 0.467 e. The second-order valence-corrected chi connectivity index (χ2v) is 3.38. The maximum absolute atomic E-state index is 13.6. The lowest BCUT2D eigenvalue weighted by molar-refractivity contribution is 0.435. The predicted molar refractivity (Wildman–Crippen MR) is 58.4 cm³/mol. The molecule has 0 spiro atoms. The van der Waals surface area contributed by atoms with Gasteiger partial charge >= 0.3 is 0 Å². The lowest BCUT2D eigenvalue weighted by atomic mass is 10.1. The fourth-order valence-electron chi connectivity index (χ4n) is 1.60. The first-order valence-electron chi connectivity index (χ1n) is 5.20. The van der Waals surface area contributed by atoms with Crippen LogP contribution in [0, 0.1) is 5.82 Å². The van der Waals surface area contributed by atoms with Crippen LogP contribution in [0.25, 0.3) is 0 Å². The molecule has 1 atom stereocenters. The van der Waals surface area contributed by atoms with Crippen molar-refractivity contribution in [1.82, 2.24) is 10.3 Å². The van der Waals surface area contributed by atoms with Crippen LogP contribution in [-0.2, 0) is 0 Å². The first-order chi connectivity index (χ1) is 7.83. The summed E-state index contributed by atoms with van der Waals surface area (Å²) in [5.74, 6) is 0.337. The van der Waals surface area contributed by atoms with Gasteiger partial charge in [-0.3, -0.25) is 4.98 Å². The van der Waals surface area contributed by atoms with Crippen molar-refractivity contribution in [2.24, 2.45) is 0 Å². The van der Waals surface area contributed by atoms with Gasteiger partial charge in [-0.25, -0.2) is 4.39 Å². The van der Waals surface area contributed by atoms with Crippen LogP contribution in [0.15, 0.2) is 41.1 Å². The number of furan rings is 1. The van der Waals surface area contributed by atoms with E-state index in [4.69, 9.17) is 4.42 Å². The van der Waals surface area contributed by atoms with E-state index >= 15 is 0 Å². The second-order valence-electron chi connectivity index (χ2n) is 3.38. The third-order valence-electron chi connectivity index (χ3n) is 2.30. The van der Waals surface area contributed by atoms with Crippen molar-refractivity contribution in [2.45, 2.75) is 13.0 Å². The number of hydrogen-bond acceptors (Lipinski definition) is 3. The number of pyridine rings is 1. The van der Waals surface area contributed by atoms with Crippen molar-refractivity contribution < 1.29 is 8.81 Å².